The number of hydrogen-bond donors (Lipinski definition) is 0. The number of rotatable bonds is 3. The van der Waals surface area contributed by atoms with Gasteiger partial charge in [0.15, 0.2) is 5.78 Å². The van der Waals surface area contributed by atoms with E-state index in [9.17, 15) is 4.79 Å². The van der Waals surface area contributed by atoms with E-state index in [-0.39, 0.29) is 5.78 Å². The van der Waals surface area contributed by atoms with Crippen molar-refractivity contribution in [3.63, 3.8) is 0 Å². The molecule has 0 bridgehead atoms. The lowest BCUT2D eigenvalue weighted by Gasteiger charge is -2.11. The first kappa shape index (κ1) is 16.9. The van der Waals surface area contributed by atoms with E-state index in [4.69, 9.17) is 16.6 Å². The molecule has 1 aromatic heterocycles. The van der Waals surface area contributed by atoms with Gasteiger partial charge in [-0.3, -0.25) is 4.79 Å². The van der Waals surface area contributed by atoms with Gasteiger partial charge in [0.25, 0.3) is 0 Å². The highest BCUT2D eigenvalue weighted by molar-refractivity contribution is 9.10. The van der Waals surface area contributed by atoms with E-state index in [0.717, 1.165) is 15.4 Å². The number of carbonyl (C=O) groups is 1. The van der Waals surface area contributed by atoms with Crippen molar-refractivity contribution in [1.82, 2.24) is 0 Å². The molecule has 0 aliphatic rings. The second kappa shape index (κ2) is 6.98. The molecular weight excluding hydrogens is 408 g/mol. The second-order valence-electron chi connectivity index (χ2n) is 5.84. The molecule has 0 saturated heterocycles. The molecule has 0 aliphatic carbocycles. The van der Waals surface area contributed by atoms with Crippen molar-refractivity contribution in [3.8, 4) is 11.3 Å². The van der Waals surface area contributed by atoms with Crippen molar-refractivity contribution in [1.29, 1.82) is 0 Å². The Morgan fingerprint density at radius 2 is 1.54 bits per heavy atom. The lowest BCUT2D eigenvalue weighted by Crippen LogP contribution is -2.05. The Kier molecular flexibility index (Phi) is 4.53. The molecule has 26 heavy (non-hydrogen) atoms. The van der Waals surface area contributed by atoms with Crippen LogP contribution in [0.15, 0.2) is 87.8 Å². The van der Waals surface area contributed by atoms with E-state index in [1.165, 1.54) is 0 Å². The van der Waals surface area contributed by atoms with Crippen LogP contribution in [0.3, 0.4) is 0 Å². The average molecular weight is 421 g/mol. The van der Waals surface area contributed by atoms with Crippen molar-refractivity contribution in [3.05, 3.63) is 99.0 Å². The summed E-state index contributed by atoms with van der Waals surface area (Å²) in [6, 6.07) is 24.4. The highest BCUT2D eigenvalue weighted by Gasteiger charge is 2.21. The lowest BCUT2D eigenvalue weighted by atomic mass is 9.98. The van der Waals surface area contributed by atoms with Gasteiger partial charge in [-0.2, -0.15) is 0 Å². The Hall–Kier alpha value is -2.56. The van der Waals surface area contributed by atoms with E-state index in [1.54, 1.807) is 12.1 Å². The minimum Gasteiger partial charge on any atom is -0.455 e. The largest absolute Gasteiger partial charge is 0.455 e. The summed E-state index contributed by atoms with van der Waals surface area (Å²) in [6.07, 6.45) is 0. The average Bonchev–Trinajstić information content (AvgIpc) is 2.69. The summed E-state index contributed by atoms with van der Waals surface area (Å²) in [5.74, 6) is 0.361. The Labute approximate surface area is 164 Å². The molecular formula is C22H13BrO2S. The van der Waals surface area contributed by atoms with Gasteiger partial charge >= 0.3 is 0 Å². The van der Waals surface area contributed by atoms with Gasteiger partial charge in [0.05, 0.1) is 10.1 Å². The summed E-state index contributed by atoms with van der Waals surface area (Å²) < 4.78 is 7.54. The van der Waals surface area contributed by atoms with Crippen LogP contribution >= 0.6 is 28.1 Å². The molecule has 3 aromatic carbocycles. The Balaban J connectivity index is 2.07. The number of ketones is 1. The molecule has 4 rings (SSSR count). The Bertz CT molecular complexity index is 1170. The van der Waals surface area contributed by atoms with Crippen molar-refractivity contribution in [2.45, 2.75) is 0 Å². The van der Waals surface area contributed by atoms with Crippen LogP contribution in [-0.2, 0) is 0 Å². The number of benzene rings is 3. The van der Waals surface area contributed by atoms with Crippen molar-refractivity contribution in [2.24, 2.45) is 0 Å². The monoisotopic (exact) mass is 420 g/mol. The predicted molar refractivity (Wildman–Crippen MR) is 110 cm³/mol. The van der Waals surface area contributed by atoms with Gasteiger partial charge in [0.1, 0.15) is 11.3 Å². The molecule has 126 valence electrons. The Morgan fingerprint density at radius 3 is 2.23 bits per heavy atom. The van der Waals surface area contributed by atoms with E-state index in [0.29, 0.717) is 27.0 Å². The molecule has 4 aromatic rings. The zero-order valence-corrected chi connectivity index (χ0v) is 16.0. The maximum absolute atomic E-state index is 13.3. The van der Waals surface area contributed by atoms with Gasteiger partial charge in [0, 0.05) is 21.0 Å². The third kappa shape index (κ3) is 3.02. The fourth-order valence-corrected chi connectivity index (χ4v) is 3.61. The van der Waals surface area contributed by atoms with E-state index < -0.39 is 0 Å². The number of carbonyl (C=O) groups excluding carboxylic acids is 1. The minimum atomic E-state index is -0.139. The molecule has 0 aliphatic heterocycles. The van der Waals surface area contributed by atoms with Crippen LogP contribution in [0.4, 0.5) is 0 Å². The van der Waals surface area contributed by atoms with Crippen LogP contribution < -0.4 is 0 Å². The topological polar surface area (TPSA) is 30.2 Å². The predicted octanol–water partition coefficient (Wildman–Crippen LogP) is 6.82. The Morgan fingerprint density at radius 1 is 0.885 bits per heavy atom. The first-order valence-corrected chi connectivity index (χ1v) is 9.27. The molecule has 4 heteroatoms. The van der Waals surface area contributed by atoms with Crippen LogP contribution in [0.1, 0.15) is 15.9 Å². The van der Waals surface area contributed by atoms with E-state index in [2.05, 4.69) is 15.9 Å². The van der Waals surface area contributed by atoms with Crippen LogP contribution in [0.5, 0.6) is 0 Å². The third-order valence-corrected chi connectivity index (χ3v) is 5.07. The molecule has 0 saturated carbocycles. The van der Waals surface area contributed by atoms with Crippen molar-refractivity contribution < 1.29 is 9.21 Å². The molecule has 2 nitrogen and oxygen atoms in total. The number of fused-ring (bicyclic) bond motifs is 1. The standard InChI is InChI=1S/C22H13BrO2S/c23-16-11-12-18-17(13-16)22(26)19(20(24)14-7-3-1-4-8-14)21(25-18)15-9-5-2-6-10-15/h1-13H. The molecule has 1 heterocycles. The summed E-state index contributed by atoms with van der Waals surface area (Å²) in [5, 5.41) is 0.744. The fraction of sp³-hybridized carbons (Fsp3) is 0. The summed E-state index contributed by atoms with van der Waals surface area (Å²) in [7, 11) is 0. The van der Waals surface area contributed by atoms with Gasteiger partial charge in [-0.25, -0.2) is 0 Å². The molecule has 0 N–H and O–H groups in total. The van der Waals surface area contributed by atoms with Gasteiger partial charge in [-0.1, -0.05) is 88.8 Å². The molecule has 0 atom stereocenters. The second-order valence-corrected chi connectivity index (χ2v) is 7.16. The first-order valence-electron chi connectivity index (χ1n) is 8.06. The van der Waals surface area contributed by atoms with Gasteiger partial charge in [-0.05, 0) is 18.2 Å². The number of hydrogen-bond acceptors (Lipinski definition) is 3. The van der Waals surface area contributed by atoms with Crippen molar-refractivity contribution >= 4 is 44.9 Å². The molecule has 0 spiro atoms. The van der Waals surface area contributed by atoms with Crippen LogP contribution in [0.25, 0.3) is 22.3 Å². The molecule has 0 amide bonds. The highest BCUT2D eigenvalue weighted by atomic mass is 79.9. The molecule has 0 radical (unpaired) electrons. The SMILES string of the molecule is O=C(c1ccccc1)c1c(-c2ccccc2)oc2ccc(Br)cc2c1=S. The molecule has 0 unspecified atom stereocenters. The summed E-state index contributed by atoms with van der Waals surface area (Å²) >= 11 is 9.18. The summed E-state index contributed by atoms with van der Waals surface area (Å²) in [6.45, 7) is 0. The summed E-state index contributed by atoms with van der Waals surface area (Å²) in [4.78, 5) is 13.3. The van der Waals surface area contributed by atoms with E-state index >= 15 is 0 Å². The number of halogens is 1. The van der Waals surface area contributed by atoms with Crippen molar-refractivity contribution in [2.75, 3.05) is 0 Å². The third-order valence-electron chi connectivity index (χ3n) is 4.15. The maximum Gasteiger partial charge on any atom is 0.198 e. The van der Waals surface area contributed by atoms with Gasteiger partial charge in [-0.15, -0.1) is 0 Å². The smallest absolute Gasteiger partial charge is 0.198 e. The zero-order chi connectivity index (χ0) is 18.1. The fourth-order valence-electron chi connectivity index (χ4n) is 2.90. The normalized spacial score (nSPS) is 10.8. The van der Waals surface area contributed by atoms with Gasteiger partial charge < -0.3 is 4.42 Å². The molecule has 0 fully saturated rings. The van der Waals surface area contributed by atoms with Crippen LogP contribution in [0.2, 0.25) is 0 Å². The lowest BCUT2D eigenvalue weighted by molar-refractivity contribution is 0.103. The minimum absolute atomic E-state index is 0.139. The van der Waals surface area contributed by atoms with Gasteiger partial charge in [0.2, 0.25) is 0 Å². The first-order chi connectivity index (χ1) is 12.6. The van der Waals surface area contributed by atoms with Crippen LogP contribution in [-0.4, -0.2) is 5.78 Å². The quantitative estimate of drug-likeness (QED) is 0.269. The maximum atomic E-state index is 13.3. The summed E-state index contributed by atoms with van der Waals surface area (Å²) in [5.41, 5.74) is 2.48. The van der Waals surface area contributed by atoms with E-state index in [1.807, 2.05) is 66.7 Å². The van der Waals surface area contributed by atoms with Crippen LogP contribution in [0, 0.1) is 4.51 Å². The highest BCUT2D eigenvalue weighted by Crippen LogP contribution is 2.33. The zero-order valence-electron chi connectivity index (χ0n) is 13.6.